The highest BCUT2D eigenvalue weighted by molar-refractivity contribution is 5.66. The van der Waals surface area contributed by atoms with Crippen molar-refractivity contribution < 1.29 is 19.4 Å². The van der Waals surface area contributed by atoms with Gasteiger partial charge in [-0.15, -0.1) is 6.58 Å². The quantitative estimate of drug-likeness (QED) is 0.820. The van der Waals surface area contributed by atoms with Gasteiger partial charge in [0, 0.05) is 0 Å². The van der Waals surface area contributed by atoms with E-state index in [9.17, 15) is 9.90 Å². The lowest BCUT2D eigenvalue weighted by atomic mass is 10.1. The molecule has 1 N–H and O–H groups in total. The molecule has 5 heteroatoms. The van der Waals surface area contributed by atoms with Gasteiger partial charge < -0.3 is 14.6 Å². The monoisotopic (exact) mass is 305 g/mol. The first-order valence-electron chi connectivity index (χ1n) is 7.38. The summed E-state index contributed by atoms with van der Waals surface area (Å²) in [6.45, 7) is 8.01. The van der Waals surface area contributed by atoms with Crippen LogP contribution in [-0.4, -0.2) is 40.6 Å². The molecule has 2 atom stereocenters. The Labute approximate surface area is 131 Å². The summed E-state index contributed by atoms with van der Waals surface area (Å²) >= 11 is 0. The molecule has 0 unspecified atom stereocenters. The highest BCUT2D eigenvalue weighted by atomic mass is 16.5. The Balaban J connectivity index is 2.10. The highest BCUT2D eigenvalue weighted by Gasteiger charge is 2.47. The summed E-state index contributed by atoms with van der Waals surface area (Å²) < 4.78 is 11.6. The molecule has 1 aromatic carbocycles. The average molecular weight is 305 g/mol. The minimum absolute atomic E-state index is 0.282. The molecule has 0 aromatic heterocycles. The number of rotatable bonds is 6. The Kier molecular flexibility index (Phi) is 5.21. The van der Waals surface area contributed by atoms with Gasteiger partial charge in [-0.3, -0.25) is 4.90 Å². The third kappa shape index (κ3) is 3.67. The van der Waals surface area contributed by atoms with Gasteiger partial charge in [0.25, 0.3) is 0 Å². The molecule has 120 valence electrons. The topological polar surface area (TPSA) is 59.0 Å². The molecule has 1 saturated heterocycles. The summed E-state index contributed by atoms with van der Waals surface area (Å²) in [6.07, 6.45) is 1.04. The van der Waals surface area contributed by atoms with Crippen molar-refractivity contribution in [3.8, 4) is 0 Å². The van der Waals surface area contributed by atoms with Crippen LogP contribution in [0.4, 0.5) is 4.79 Å². The smallest absolute Gasteiger partial charge is 0.409 e. The lowest BCUT2D eigenvalue weighted by Gasteiger charge is -2.34. The fraction of sp³-hybridized carbons (Fsp3) is 0.471. The van der Waals surface area contributed by atoms with Crippen molar-refractivity contribution in [3.05, 3.63) is 48.6 Å². The lowest BCUT2D eigenvalue weighted by molar-refractivity contribution is -0.0534. The van der Waals surface area contributed by atoms with E-state index in [1.165, 1.54) is 4.90 Å². The summed E-state index contributed by atoms with van der Waals surface area (Å²) in [5.74, 6) is 0. The average Bonchev–Trinajstić information content (AvgIpc) is 2.80. The van der Waals surface area contributed by atoms with Crippen LogP contribution in [0, 0.1) is 0 Å². The van der Waals surface area contributed by atoms with E-state index in [0.29, 0.717) is 19.6 Å². The number of amides is 1. The predicted molar refractivity (Wildman–Crippen MR) is 83.5 cm³/mol. The molecule has 1 aliphatic rings. The van der Waals surface area contributed by atoms with Crippen LogP contribution in [0.2, 0.25) is 0 Å². The molecule has 1 aliphatic heterocycles. The zero-order chi connectivity index (χ0) is 16.2. The SMILES string of the molecule is C=CC[C@@H](OCc1ccccc1)[C@@H]1COC(C)(C)N1C(=O)O. The Morgan fingerprint density at radius 3 is 2.82 bits per heavy atom. The Bertz CT molecular complexity index is 515. The van der Waals surface area contributed by atoms with Gasteiger partial charge in [-0.2, -0.15) is 0 Å². The summed E-state index contributed by atoms with van der Waals surface area (Å²) in [7, 11) is 0. The molecular weight excluding hydrogens is 282 g/mol. The Hall–Kier alpha value is -1.85. The van der Waals surface area contributed by atoms with E-state index in [0.717, 1.165) is 5.56 Å². The third-order valence-electron chi connectivity index (χ3n) is 3.86. The number of ether oxygens (including phenoxy) is 2. The highest BCUT2D eigenvalue weighted by Crippen LogP contribution is 2.31. The minimum atomic E-state index is -0.995. The van der Waals surface area contributed by atoms with Crippen LogP contribution in [0.5, 0.6) is 0 Å². The maximum Gasteiger partial charge on any atom is 0.409 e. The first-order chi connectivity index (χ1) is 10.5. The van der Waals surface area contributed by atoms with Gasteiger partial charge >= 0.3 is 6.09 Å². The number of hydrogen-bond donors (Lipinski definition) is 1. The second kappa shape index (κ2) is 6.94. The van der Waals surface area contributed by atoms with Gasteiger partial charge in [-0.25, -0.2) is 4.79 Å². The zero-order valence-corrected chi connectivity index (χ0v) is 13.1. The molecule has 2 rings (SSSR count). The second-order valence-electron chi connectivity index (χ2n) is 5.84. The number of carboxylic acid groups (broad SMARTS) is 1. The number of carbonyl (C=O) groups is 1. The van der Waals surface area contributed by atoms with Gasteiger partial charge in [0.15, 0.2) is 0 Å². The van der Waals surface area contributed by atoms with E-state index in [1.807, 2.05) is 30.3 Å². The van der Waals surface area contributed by atoms with Gasteiger partial charge in [-0.1, -0.05) is 36.4 Å². The Morgan fingerprint density at radius 2 is 2.23 bits per heavy atom. The normalized spacial score (nSPS) is 21.5. The van der Waals surface area contributed by atoms with E-state index in [4.69, 9.17) is 9.47 Å². The van der Waals surface area contributed by atoms with E-state index in [-0.39, 0.29) is 12.1 Å². The van der Waals surface area contributed by atoms with Crippen LogP contribution in [0.25, 0.3) is 0 Å². The first-order valence-corrected chi connectivity index (χ1v) is 7.38. The minimum Gasteiger partial charge on any atom is -0.465 e. The number of hydrogen-bond acceptors (Lipinski definition) is 3. The molecule has 0 spiro atoms. The molecule has 1 heterocycles. The fourth-order valence-corrected chi connectivity index (χ4v) is 2.76. The molecule has 0 saturated carbocycles. The standard InChI is InChI=1S/C17H23NO4/c1-4-8-15(21-11-13-9-6-5-7-10-13)14-12-22-17(2,3)18(14)16(19)20/h4-7,9-10,14-15H,1,8,11-12H2,2-3H3,(H,19,20)/t14-,15+/m0/s1. The third-order valence-corrected chi connectivity index (χ3v) is 3.86. The van der Waals surface area contributed by atoms with E-state index >= 15 is 0 Å². The van der Waals surface area contributed by atoms with Gasteiger partial charge in [0.2, 0.25) is 0 Å². The van der Waals surface area contributed by atoms with Crippen LogP contribution in [0.15, 0.2) is 43.0 Å². The fourth-order valence-electron chi connectivity index (χ4n) is 2.76. The first kappa shape index (κ1) is 16.5. The van der Waals surface area contributed by atoms with Crippen molar-refractivity contribution in [1.29, 1.82) is 0 Å². The zero-order valence-electron chi connectivity index (χ0n) is 13.1. The summed E-state index contributed by atoms with van der Waals surface area (Å²) in [4.78, 5) is 12.9. The molecule has 1 amide bonds. The van der Waals surface area contributed by atoms with E-state index in [2.05, 4.69) is 6.58 Å². The molecular formula is C17H23NO4. The van der Waals surface area contributed by atoms with E-state index in [1.54, 1.807) is 19.9 Å². The van der Waals surface area contributed by atoms with Crippen LogP contribution in [-0.2, 0) is 16.1 Å². The number of nitrogens with zero attached hydrogens (tertiary/aromatic N) is 1. The van der Waals surface area contributed by atoms with Gasteiger partial charge in [0.1, 0.15) is 5.72 Å². The molecule has 0 radical (unpaired) electrons. The second-order valence-corrected chi connectivity index (χ2v) is 5.84. The van der Waals surface area contributed by atoms with Crippen molar-refractivity contribution in [1.82, 2.24) is 4.90 Å². The molecule has 0 bridgehead atoms. The van der Waals surface area contributed by atoms with Crippen LogP contribution in [0.3, 0.4) is 0 Å². The van der Waals surface area contributed by atoms with Crippen molar-refractivity contribution in [3.63, 3.8) is 0 Å². The van der Waals surface area contributed by atoms with Crippen LogP contribution >= 0.6 is 0 Å². The molecule has 22 heavy (non-hydrogen) atoms. The largest absolute Gasteiger partial charge is 0.465 e. The van der Waals surface area contributed by atoms with Crippen molar-refractivity contribution in [2.45, 2.75) is 44.7 Å². The Morgan fingerprint density at radius 1 is 1.55 bits per heavy atom. The molecule has 5 nitrogen and oxygen atoms in total. The van der Waals surface area contributed by atoms with Crippen LogP contribution in [0.1, 0.15) is 25.8 Å². The lowest BCUT2D eigenvalue weighted by Crippen LogP contribution is -2.51. The predicted octanol–water partition coefficient (Wildman–Crippen LogP) is 3.26. The van der Waals surface area contributed by atoms with Crippen LogP contribution < -0.4 is 0 Å². The summed E-state index contributed by atoms with van der Waals surface area (Å²) in [5, 5.41) is 9.49. The van der Waals surface area contributed by atoms with Gasteiger partial charge in [0.05, 0.1) is 25.4 Å². The summed E-state index contributed by atoms with van der Waals surface area (Å²) in [5.41, 5.74) is 0.211. The maximum absolute atomic E-state index is 11.6. The van der Waals surface area contributed by atoms with E-state index < -0.39 is 11.8 Å². The molecule has 1 fully saturated rings. The maximum atomic E-state index is 11.6. The van der Waals surface area contributed by atoms with Crippen molar-refractivity contribution in [2.24, 2.45) is 0 Å². The molecule has 0 aliphatic carbocycles. The summed E-state index contributed by atoms with van der Waals surface area (Å²) in [6, 6.07) is 9.47. The van der Waals surface area contributed by atoms with Gasteiger partial charge in [-0.05, 0) is 25.8 Å². The van der Waals surface area contributed by atoms with Crippen molar-refractivity contribution >= 4 is 6.09 Å². The number of benzene rings is 1. The molecule has 1 aromatic rings. The van der Waals surface area contributed by atoms with Crippen molar-refractivity contribution in [2.75, 3.05) is 6.61 Å².